The smallest absolute Gasteiger partial charge is 0.104 e. The van der Waals surface area contributed by atoms with Gasteiger partial charge in [0.25, 0.3) is 0 Å². The van der Waals surface area contributed by atoms with Gasteiger partial charge in [0, 0.05) is 11.4 Å². The first kappa shape index (κ1) is 15.8. The summed E-state index contributed by atoms with van der Waals surface area (Å²) in [5.74, 6) is 0.969. The zero-order chi connectivity index (χ0) is 15.1. The van der Waals surface area contributed by atoms with E-state index in [-0.39, 0.29) is 0 Å². The summed E-state index contributed by atoms with van der Waals surface area (Å²) in [5.41, 5.74) is 4.97. The second-order valence-electron chi connectivity index (χ2n) is 4.90. The maximum atomic E-state index is 5.31. The van der Waals surface area contributed by atoms with Gasteiger partial charge in [-0.05, 0) is 48.6 Å². The zero-order valence-electron chi connectivity index (χ0n) is 12.3. The van der Waals surface area contributed by atoms with Crippen LogP contribution in [0.4, 0.5) is 5.69 Å². The lowest BCUT2D eigenvalue weighted by molar-refractivity contribution is 1.31. The number of anilines is 1. The van der Waals surface area contributed by atoms with Crippen LogP contribution in [0.3, 0.4) is 0 Å². The van der Waals surface area contributed by atoms with Gasteiger partial charge in [0.1, 0.15) is 4.99 Å². The third-order valence-corrected chi connectivity index (χ3v) is 4.18. The van der Waals surface area contributed by atoms with Crippen LogP contribution in [-0.2, 0) is 5.75 Å². The van der Waals surface area contributed by atoms with E-state index in [1.807, 2.05) is 18.2 Å². The highest BCUT2D eigenvalue weighted by Gasteiger charge is 1.96. The first-order valence-corrected chi connectivity index (χ1v) is 8.31. The molecule has 2 aromatic rings. The minimum absolute atomic E-state index is 0.733. The van der Waals surface area contributed by atoms with Crippen LogP contribution in [0.5, 0.6) is 0 Å². The highest BCUT2D eigenvalue weighted by atomic mass is 32.2. The topological polar surface area (TPSA) is 12.0 Å². The number of rotatable bonds is 5. The molecule has 0 bridgehead atoms. The van der Waals surface area contributed by atoms with E-state index < -0.39 is 0 Å². The van der Waals surface area contributed by atoms with Crippen LogP contribution in [0.15, 0.2) is 60.0 Å². The Balaban J connectivity index is 1.80. The fourth-order valence-corrected chi connectivity index (χ4v) is 2.94. The summed E-state index contributed by atoms with van der Waals surface area (Å²) in [4.78, 5) is 0.733. The van der Waals surface area contributed by atoms with Crippen LogP contribution in [0.1, 0.15) is 16.7 Å². The molecule has 0 aromatic heterocycles. The molecule has 0 fully saturated rings. The predicted molar refractivity (Wildman–Crippen MR) is 99.0 cm³/mol. The highest BCUT2D eigenvalue weighted by Crippen LogP contribution is 2.17. The average molecular weight is 313 g/mol. The third kappa shape index (κ3) is 5.37. The number of nitrogens with one attached hydrogen (secondary N) is 1. The van der Waals surface area contributed by atoms with Crippen molar-refractivity contribution >= 4 is 34.7 Å². The number of aryl methyl sites for hydroxylation is 2. The molecule has 2 rings (SSSR count). The lowest BCUT2D eigenvalue weighted by Crippen LogP contribution is -2.04. The molecule has 1 nitrogen and oxygen atoms in total. The second-order valence-corrected chi connectivity index (χ2v) is 6.23. The van der Waals surface area contributed by atoms with Crippen LogP contribution in [0, 0.1) is 13.8 Å². The molecule has 2 aromatic carbocycles. The molecule has 0 aliphatic heterocycles. The van der Waals surface area contributed by atoms with Crippen molar-refractivity contribution in [3.63, 3.8) is 0 Å². The minimum atomic E-state index is 0.733. The van der Waals surface area contributed by atoms with Gasteiger partial charge in [0.15, 0.2) is 0 Å². The summed E-state index contributed by atoms with van der Waals surface area (Å²) >= 11 is 7.07. The molecule has 0 saturated carbocycles. The van der Waals surface area contributed by atoms with E-state index in [0.717, 1.165) is 16.4 Å². The van der Waals surface area contributed by atoms with Gasteiger partial charge in [0.2, 0.25) is 0 Å². The molecule has 0 radical (unpaired) electrons. The van der Waals surface area contributed by atoms with Crippen molar-refractivity contribution in [1.29, 1.82) is 0 Å². The molecule has 108 valence electrons. The van der Waals surface area contributed by atoms with Crippen molar-refractivity contribution < 1.29 is 0 Å². The van der Waals surface area contributed by atoms with Crippen LogP contribution in [-0.4, -0.2) is 4.99 Å². The molecule has 0 aliphatic rings. The van der Waals surface area contributed by atoms with Crippen molar-refractivity contribution in [2.24, 2.45) is 0 Å². The Morgan fingerprint density at radius 3 is 2.52 bits per heavy atom. The molecule has 3 heteroatoms. The Morgan fingerprint density at radius 1 is 1.10 bits per heavy atom. The van der Waals surface area contributed by atoms with Gasteiger partial charge in [-0.3, -0.25) is 0 Å². The van der Waals surface area contributed by atoms with E-state index in [1.165, 1.54) is 16.7 Å². The van der Waals surface area contributed by atoms with Crippen molar-refractivity contribution in [1.82, 2.24) is 0 Å². The van der Waals surface area contributed by atoms with Crippen LogP contribution >= 0.6 is 24.0 Å². The number of thioether (sulfide) groups is 1. The van der Waals surface area contributed by atoms with E-state index in [4.69, 9.17) is 12.2 Å². The number of hydrogen-bond acceptors (Lipinski definition) is 2. The van der Waals surface area contributed by atoms with Gasteiger partial charge < -0.3 is 5.32 Å². The van der Waals surface area contributed by atoms with Gasteiger partial charge in [-0.2, -0.15) is 0 Å². The molecule has 1 N–H and O–H groups in total. The van der Waals surface area contributed by atoms with Crippen molar-refractivity contribution in [2.75, 3.05) is 5.32 Å². The lowest BCUT2D eigenvalue weighted by Gasteiger charge is -2.05. The summed E-state index contributed by atoms with van der Waals surface area (Å²) in [5, 5.41) is 5.26. The van der Waals surface area contributed by atoms with Gasteiger partial charge in [-0.15, -0.1) is 11.8 Å². The monoisotopic (exact) mass is 313 g/mol. The maximum absolute atomic E-state index is 5.31. The largest absolute Gasteiger partial charge is 0.347 e. The summed E-state index contributed by atoms with van der Waals surface area (Å²) in [6.45, 7) is 4.22. The summed E-state index contributed by atoms with van der Waals surface area (Å²) in [6.07, 6.45) is 1.94. The quantitative estimate of drug-likeness (QED) is 0.579. The van der Waals surface area contributed by atoms with E-state index in [2.05, 4.69) is 61.0 Å². The first-order valence-electron chi connectivity index (χ1n) is 6.85. The normalized spacial score (nSPS) is 10.8. The Morgan fingerprint density at radius 2 is 1.81 bits per heavy atom. The fourth-order valence-electron chi connectivity index (χ4n) is 1.84. The predicted octanol–water partition coefficient (Wildman–Crippen LogP) is 5.49. The lowest BCUT2D eigenvalue weighted by atomic mass is 10.1. The molecule has 0 aliphatic carbocycles. The Bertz CT molecular complexity index is 630. The molecule has 21 heavy (non-hydrogen) atoms. The second kappa shape index (κ2) is 8.01. The molecule has 0 heterocycles. The SMILES string of the molecule is Cc1ccc(NC(=S)C=CSCc2ccccc2C)cc1. The van der Waals surface area contributed by atoms with Crippen molar-refractivity contribution in [3.8, 4) is 0 Å². The Hall–Kier alpha value is -1.58. The summed E-state index contributed by atoms with van der Waals surface area (Å²) in [6, 6.07) is 16.7. The zero-order valence-corrected chi connectivity index (χ0v) is 13.9. The van der Waals surface area contributed by atoms with Gasteiger partial charge in [-0.1, -0.05) is 54.2 Å². The Labute approximate surface area is 136 Å². The standard InChI is InChI=1S/C18H19NS2/c1-14-7-9-17(10-8-14)19-18(20)11-12-21-13-16-6-4-3-5-15(16)2/h3-12H,13H2,1-2H3,(H,19,20). The van der Waals surface area contributed by atoms with E-state index in [9.17, 15) is 0 Å². The summed E-state index contributed by atoms with van der Waals surface area (Å²) < 4.78 is 0. The maximum Gasteiger partial charge on any atom is 0.104 e. The molecule has 0 amide bonds. The van der Waals surface area contributed by atoms with Crippen LogP contribution in [0.2, 0.25) is 0 Å². The molecular formula is C18H19NS2. The first-order chi connectivity index (χ1) is 10.1. The van der Waals surface area contributed by atoms with Crippen LogP contribution < -0.4 is 5.32 Å². The molecule has 0 saturated heterocycles. The fraction of sp³-hybridized carbons (Fsp3) is 0.167. The third-order valence-electron chi connectivity index (χ3n) is 3.13. The minimum Gasteiger partial charge on any atom is -0.347 e. The average Bonchev–Trinajstić information content (AvgIpc) is 2.48. The number of benzene rings is 2. The van der Waals surface area contributed by atoms with E-state index in [1.54, 1.807) is 11.8 Å². The van der Waals surface area contributed by atoms with Gasteiger partial charge >= 0.3 is 0 Å². The van der Waals surface area contributed by atoms with Gasteiger partial charge in [-0.25, -0.2) is 0 Å². The molecule has 0 atom stereocenters. The Kier molecular flexibility index (Phi) is 6.03. The molecule has 0 spiro atoms. The number of thiocarbonyl (C=S) groups is 1. The van der Waals surface area contributed by atoms with Gasteiger partial charge in [0.05, 0.1) is 0 Å². The highest BCUT2D eigenvalue weighted by molar-refractivity contribution is 8.01. The van der Waals surface area contributed by atoms with E-state index >= 15 is 0 Å². The van der Waals surface area contributed by atoms with Crippen molar-refractivity contribution in [2.45, 2.75) is 19.6 Å². The molecule has 0 unspecified atom stereocenters. The van der Waals surface area contributed by atoms with Crippen molar-refractivity contribution in [3.05, 3.63) is 76.7 Å². The van der Waals surface area contributed by atoms with E-state index in [0.29, 0.717) is 0 Å². The molecular weight excluding hydrogens is 294 g/mol. The summed E-state index contributed by atoms with van der Waals surface area (Å²) in [7, 11) is 0. The number of hydrogen-bond donors (Lipinski definition) is 1. The van der Waals surface area contributed by atoms with Crippen LogP contribution in [0.25, 0.3) is 0 Å².